The van der Waals surface area contributed by atoms with Crippen LogP contribution in [0.4, 0.5) is 0 Å². The van der Waals surface area contributed by atoms with E-state index in [1.807, 2.05) is 0 Å². The number of halogens is 1. The monoisotopic (exact) mass is 331 g/mol. The van der Waals surface area contributed by atoms with Crippen molar-refractivity contribution in [3.8, 4) is 5.75 Å². The maximum atomic E-state index is 11.9. The molecule has 0 spiro atoms. The molecule has 2 aromatic carbocycles. The fraction of sp³-hybridized carbons (Fsp3) is 0.0625. The van der Waals surface area contributed by atoms with E-state index in [2.05, 4.69) is 10.5 Å². The topological polar surface area (TPSA) is 90.8 Å². The summed E-state index contributed by atoms with van der Waals surface area (Å²) in [6.45, 7) is -0.567. The molecule has 0 saturated heterocycles. The highest BCUT2D eigenvalue weighted by molar-refractivity contribution is 6.30. The lowest BCUT2D eigenvalue weighted by molar-refractivity contribution is -0.307. The van der Waals surface area contributed by atoms with Crippen molar-refractivity contribution in [1.29, 1.82) is 0 Å². The molecule has 6 nitrogen and oxygen atoms in total. The van der Waals surface area contributed by atoms with Gasteiger partial charge in [0.1, 0.15) is 12.4 Å². The van der Waals surface area contributed by atoms with Gasteiger partial charge in [0, 0.05) is 16.1 Å². The van der Waals surface area contributed by atoms with Gasteiger partial charge in [0.15, 0.2) is 0 Å². The third kappa shape index (κ3) is 5.12. The van der Waals surface area contributed by atoms with E-state index < -0.39 is 18.5 Å². The highest BCUT2D eigenvalue weighted by Crippen LogP contribution is 2.15. The van der Waals surface area contributed by atoms with E-state index in [1.165, 1.54) is 6.21 Å². The number of nitrogens with zero attached hydrogens (tertiary/aromatic N) is 1. The first-order valence-electron chi connectivity index (χ1n) is 6.57. The minimum absolute atomic E-state index is 0.321. The van der Waals surface area contributed by atoms with Gasteiger partial charge >= 0.3 is 0 Å². The molecule has 0 unspecified atom stereocenters. The maximum absolute atomic E-state index is 11.9. The van der Waals surface area contributed by atoms with Gasteiger partial charge in [-0.15, -0.1) is 0 Å². The minimum Gasteiger partial charge on any atom is -0.546 e. The zero-order valence-electron chi connectivity index (χ0n) is 11.9. The van der Waals surface area contributed by atoms with E-state index in [0.29, 0.717) is 21.9 Å². The van der Waals surface area contributed by atoms with Crippen LogP contribution in [0, 0.1) is 0 Å². The third-order valence-corrected chi connectivity index (χ3v) is 2.99. The van der Waals surface area contributed by atoms with Crippen LogP contribution in [0.5, 0.6) is 5.75 Å². The highest BCUT2D eigenvalue weighted by atomic mass is 35.5. The van der Waals surface area contributed by atoms with E-state index in [4.69, 9.17) is 16.3 Å². The molecule has 0 aliphatic rings. The Morgan fingerprint density at radius 2 is 1.87 bits per heavy atom. The highest BCUT2D eigenvalue weighted by Gasteiger charge is 2.04. The zero-order valence-corrected chi connectivity index (χ0v) is 12.6. The number of carbonyl (C=O) groups is 2. The zero-order chi connectivity index (χ0) is 16.7. The molecule has 0 aromatic heterocycles. The Bertz CT molecular complexity index is 729. The van der Waals surface area contributed by atoms with Gasteiger partial charge in [0.25, 0.3) is 5.91 Å². The number of hydrazone groups is 1. The number of amides is 1. The number of ether oxygens (including phenoxy) is 1. The number of carboxylic acids is 1. The van der Waals surface area contributed by atoms with E-state index in [0.717, 1.165) is 0 Å². The lowest BCUT2D eigenvalue weighted by Crippen LogP contribution is -2.29. The summed E-state index contributed by atoms with van der Waals surface area (Å²) in [5.41, 5.74) is 3.29. The molecule has 2 aromatic rings. The van der Waals surface area contributed by atoms with Crippen molar-refractivity contribution in [3.63, 3.8) is 0 Å². The minimum atomic E-state index is -1.33. The number of hydrogen-bond acceptors (Lipinski definition) is 5. The van der Waals surface area contributed by atoms with Crippen molar-refractivity contribution in [1.82, 2.24) is 5.43 Å². The molecule has 23 heavy (non-hydrogen) atoms. The molecular weight excluding hydrogens is 320 g/mol. The number of hydrogen-bond donors (Lipinski definition) is 1. The van der Waals surface area contributed by atoms with Gasteiger partial charge in [0.05, 0.1) is 12.2 Å². The second-order valence-electron chi connectivity index (χ2n) is 4.40. The fourth-order valence-corrected chi connectivity index (χ4v) is 1.81. The predicted octanol–water partition coefficient (Wildman–Crippen LogP) is 1.23. The van der Waals surface area contributed by atoms with Gasteiger partial charge in [-0.05, 0) is 36.4 Å². The normalized spacial score (nSPS) is 10.5. The molecule has 0 aliphatic heterocycles. The van der Waals surface area contributed by atoms with E-state index in [1.54, 1.807) is 48.5 Å². The van der Waals surface area contributed by atoms with Gasteiger partial charge in [-0.1, -0.05) is 23.7 Å². The summed E-state index contributed by atoms with van der Waals surface area (Å²) in [5.74, 6) is -1.40. The van der Waals surface area contributed by atoms with Crippen molar-refractivity contribution >= 4 is 29.7 Å². The third-order valence-electron chi connectivity index (χ3n) is 2.74. The van der Waals surface area contributed by atoms with Gasteiger partial charge in [-0.3, -0.25) is 4.79 Å². The Kier molecular flexibility index (Phi) is 5.71. The molecule has 0 atom stereocenters. The molecule has 0 aliphatic carbocycles. The molecule has 7 heteroatoms. The first kappa shape index (κ1) is 16.5. The van der Waals surface area contributed by atoms with Crippen LogP contribution in [0.1, 0.15) is 15.9 Å². The molecule has 2 rings (SSSR count). The number of carbonyl (C=O) groups excluding carboxylic acids is 2. The Labute approximate surface area is 137 Å². The smallest absolute Gasteiger partial charge is 0.271 e. The second-order valence-corrected chi connectivity index (χ2v) is 4.84. The molecule has 0 radical (unpaired) electrons. The molecule has 118 valence electrons. The largest absolute Gasteiger partial charge is 0.546 e. The molecule has 1 N–H and O–H groups in total. The Morgan fingerprint density at radius 1 is 1.17 bits per heavy atom. The van der Waals surface area contributed by atoms with Crippen molar-refractivity contribution < 1.29 is 19.4 Å². The summed E-state index contributed by atoms with van der Waals surface area (Å²) in [5, 5.41) is 14.8. The van der Waals surface area contributed by atoms with Gasteiger partial charge in [-0.25, -0.2) is 5.43 Å². The molecule has 0 bridgehead atoms. The van der Waals surface area contributed by atoms with Crippen molar-refractivity contribution in [2.75, 3.05) is 6.61 Å². The maximum Gasteiger partial charge on any atom is 0.271 e. The van der Waals surface area contributed by atoms with Crippen LogP contribution < -0.4 is 15.3 Å². The van der Waals surface area contributed by atoms with E-state index in [-0.39, 0.29) is 0 Å². The molecule has 0 saturated carbocycles. The molecule has 1 amide bonds. The lowest BCUT2D eigenvalue weighted by atomic mass is 10.2. The quantitative estimate of drug-likeness (QED) is 0.636. The van der Waals surface area contributed by atoms with Crippen LogP contribution in [-0.2, 0) is 4.79 Å². The fourth-order valence-electron chi connectivity index (χ4n) is 1.68. The summed E-state index contributed by atoms with van der Waals surface area (Å²) < 4.78 is 5.07. The van der Waals surface area contributed by atoms with Crippen LogP contribution in [0.2, 0.25) is 5.02 Å². The number of rotatable bonds is 6. The van der Waals surface area contributed by atoms with Gasteiger partial charge < -0.3 is 14.6 Å². The van der Waals surface area contributed by atoms with Crippen LogP contribution >= 0.6 is 11.6 Å². The van der Waals surface area contributed by atoms with Gasteiger partial charge in [-0.2, -0.15) is 5.10 Å². The van der Waals surface area contributed by atoms with Crippen LogP contribution in [0.3, 0.4) is 0 Å². The Morgan fingerprint density at radius 3 is 2.57 bits per heavy atom. The summed E-state index contributed by atoms with van der Waals surface area (Å²) in [6.07, 6.45) is 1.36. The Hall–Kier alpha value is -2.86. The average Bonchev–Trinajstić information content (AvgIpc) is 2.54. The SMILES string of the molecule is O=C([O-])COc1ccccc1/C=N\NC(=O)c1ccc(Cl)cc1. The average molecular weight is 332 g/mol. The standard InChI is InChI=1S/C16H13ClN2O4/c17-13-7-5-11(6-8-13)16(22)19-18-9-12-3-1-2-4-14(12)23-10-15(20)21/h1-9H,10H2,(H,19,22)(H,20,21)/p-1/b18-9-. The first-order chi connectivity index (χ1) is 11.1. The number of para-hydroxylation sites is 1. The van der Waals surface area contributed by atoms with E-state index >= 15 is 0 Å². The first-order valence-corrected chi connectivity index (χ1v) is 6.94. The number of carboxylic acid groups (broad SMARTS) is 1. The summed E-state index contributed by atoms with van der Waals surface area (Å²) in [7, 11) is 0. The lowest BCUT2D eigenvalue weighted by Gasteiger charge is -2.09. The summed E-state index contributed by atoms with van der Waals surface area (Å²) in [6, 6.07) is 13.0. The van der Waals surface area contributed by atoms with Crippen molar-refractivity contribution in [2.24, 2.45) is 5.10 Å². The summed E-state index contributed by atoms with van der Waals surface area (Å²) in [4.78, 5) is 22.3. The van der Waals surface area contributed by atoms with Crippen LogP contribution in [0.25, 0.3) is 0 Å². The second kappa shape index (κ2) is 7.95. The predicted molar refractivity (Wildman–Crippen MR) is 83.5 cm³/mol. The van der Waals surface area contributed by atoms with Crippen LogP contribution in [-0.4, -0.2) is 24.7 Å². The number of aliphatic carboxylic acids is 1. The van der Waals surface area contributed by atoms with Crippen molar-refractivity contribution in [3.05, 3.63) is 64.7 Å². The van der Waals surface area contributed by atoms with Crippen LogP contribution in [0.15, 0.2) is 53.6 Å². The van der Waals surface area contributed by atoms with Gasteiger partial charge in [0.2, 0.25) is 0 Å². The number of nitrogens with one attached hydrogen (secondary N) is 1. The van der Waals surface area contributed by atoms with E-state index in [9.17, 15) is 14.7 Å². The molecular formula is C16H12ClN2O4-. The summed E-state index contributed by atoms with van der Waals surface area (Å²) >= 11 is 5.75. The molecule has 0 heterocycles. The number of benzene rings is 2. The Balaban J connectivity index is 2.01. The molecule has 0 fully saturated rings. The van der Waals surface area contributed by atoms with Crippen molar-refractivity contribution in [2.45, 2.75) is 0 Å².